The first kappa shape index (κ1) is 14.1. The van der Waals surface area contributed by atoms with Crippen molar-refractivity contribution < 1.29 is 14.6 Å². The van der Waals surface area contributed by atoms with Gasteiger partial charge in [-0.2, -0.15) is 0 Å². The molecule has 96 valence electrons. The topological polar surface area (TPSA) is 58.6 Å². The van der Waals surface area contributed by atoms with Gasteiger partial charge >= 0.3 is 6.09 Å². The number of aryl methyl sites for hydroxylation is 1. The van der Waals surface area contributed by atoms with Crippen LogP contribution in [0, 0.1) is 18.8 Å². The standard InChI is InChI=1S/C14H17NO3/c1-10(2)18-14(17)15-13-7-6-12(5-4-8-16)11(3)9-13/h6-7,9-10,16H,8H2,1-3H3,(H,15,17). The van der Waals surface area contributed by atoms with Gasteiger partial charge in [0.05, 0.1) is 6.10 Å². The van der Waals surface area contributed by atoms with Crippen LogP contribution >= 0.6 is 0 Å². The highest BCUT2D eigenvalue weighted by Crippen LogP contribution is 2.14. The maximum atomic E-state index is 11.4. The molecular weight excluding hydrogens is 230 g/mol. The van der Waals surface area contributed by atoms with E-state index in [2.05, 4.69) is 17.2 Å². The van der Waals surface area contributed by atoms with Crippen molar-refractivity contribution in [1.82, 2.24) is 0 Å². The minimum Gasteiger partial charge on any atom is -0.447 e. The molecule has 0 aromatic heterocycles. The Balaban J connectivity index is 2.75. The van der Waals surface area contributed by atoms with Crippen molar-refractivity contribution in [3.63, 3.8) is 0 Å². The maximum Gasteiger partial charge on any atom is 0.411 e. The molecule has 1 aromatic carbocycles. The van der Waals surface area contributed by atoms with Crippen LogP contribution in [0.1, 0.15) is 25.0 Å². The summed E-state index contributed by atoms with van der Waals surface area (Å²) in [5.41, 5.74) is 2.41. The molecular formula is C14H17NO3. The van der Waals surface area contributed by atoms with E-state index >= 15 is 0 Å². The number of carbonyl (C=O) groups excluding carboxylic acids is 1. The smallest absolute Gasteiger partial charge is 0.411 e. The predicted octanol–water partition coefficient (Wildman–Crippen LogP) is 2.30. The Labute approximate surface area is 107 Å². The molecule has 0 saturated heterocycles. The van der Waals surface area contributed by atoms with Gasteiger partial charge in [0.15, 0.2) is 0 Å². The molecule has 1 rings (SSSR count). The van der Waals surface area contributed by atoms with Crippen molar-refractivity contribution in [3.8, 4) is 11.8 Å². The zero-order valence-electron chi connectivity index (χ0n) is 10.8. The van der Waals surface area contributed by atoms with Gasteiger partial charge in [0.25, 0.3) is 0 Å². The third-order valence-corrected chi connectivity index (χ3v) is 2.12. The van der Waals surface area contributed by atoms with E-state index in [1.54, 1.807) is 26.0 Å². The molecule has 4 heteroatoms. The first-order valence-electron chi connectivity index (χ1n) is 5.71. The van der Waals surface area contributed by atoms with E-state index in [9.17, 15) is 4.79 Å². The van der Waals surface area contributed by atoms with E-state index in [0.29, 0.717) is 5.69 Å². The van der Waals surface area contributed by atoms with Crippen LogP contribution in [0.25, 0.3) is 0 Å². The second-order valence-corrected chi connectivity index (χ2v) is 4.07. The lowest BCUT2D eigenvalue weighted by atomic mass is 10.1. The van der Waals surface area contributed by atoms with Gasteiger partial charge in [0, 0.05) is 11.3 Å². The summed E-state index contributed by atoms with van der Waals surface area (Å²) in [7, 11) is 0. The summed E-state index contributed by atoms with van der Waals surface area (Å²) < 4.78 is 4.98. The van der Waals surface area contributed by atoms with Crippen LogP contribution < -0.4 is 5.32 Å². The van der Waals surface area contributed by atoms with Gasteiger partial charge in [-0.25, -0.2) is 4.79 Å². The number of anilines is 1. The number of ether oxygens (including phenoxy) is 1. The molecule has 0 heterocycles. The van der Waals surface area contributed by atoms with Gasteiger partial charge in [-0.05, 0) is 44.5 Å². The zero-order valence-corrected chi connectivity index (χ0v) is 10.8. The van der Waals surface area contributed by atoms with Gasteiger partial charge in [0.2, 0.25) is 0 Å². The fourth-order valence-electron chi connectivity index (χ4n) is 1.38. The average molecular weight is 247 g/mol. The first-order valence-corrected chi connectivity index (χ1v) is 5.71. The van der Waals surface area contributed by atoms with Gasteiger partial charge in [-0.1, -0.05) is 11.8 Å². The maximum absolute atomic E-state index is 11.4. The lowest BCUT2D eigenvalue weighted by Crippen LogP contribution is -2.18. The molecule has 0 aliphatic heterocycles. The van der Waals surface area contributed by atoms with Crippen molar-refractivity contribution in [3.05, 3.63) is 29.3 Å². The molecule has 0 unspecified atom stereocenters. The Kier molecular flexibility index (Phi) is 5.22. The predicted molar refractivity (Wildman–Crippen MR) is 70.4 cm³/mol. The number of amides is 1. The number of hydrogen-bond acceptors (Lipinski definition) is 3. The molecule has 0 atom stereocenters. The Hall–Kier alpha value is -1.99. The van der Waals surface area contributed by atoms with Crippen LogP contribution in [0.3, 0.4) is 0 Å². The van der Waals surface area contributed by atoms with Crippen molar-refractivity contribution in [2.75, 3.05) is 11.9 Å². The Morgan fingerprint density at radius 2 is 2.22 bits per heavy atom. The second-order valence-electron chi connectivity index (χ2n) is 4.07. The van der Waals surface area contributed by atoms with Gasteiger partial charge in [0.1, 0.15) is 6.61 Å². The highest BCUT2D eigenvalue weighted by molar-refractivity contribution is 5.85. The minimum absolute atomic E-state index is 0.152. The van der Waals surface area contributed by atoms with E-state index in [0.717, 1.165) is 11.1 Å². The number of carbonyl (C=O) groups is 1. The second kappa shape index (κ2) is 6.67. The van der Waals surface area contributed by atoms with Crippen LogP contribution in [0.15, 0.2) is 18.2 Å². The summed E-state index contributed by atoms with van der Waals surface area (Å²) in [5.74, 6) is 5.42. The largest absolute Gasteiger partial charge is 0.447 e. The third-order valence-electron chi connectivity index (χ3n) is 2.12. The monoisotopic (exact) mass is 247 g/mol. The molecule has 0 spiro atoms. The van der Waals surface area contributed by atoms with Crippen LogP contribution in [-0.4, -0.2) is 23.9 Å². The lowest BCUT2D eigenvalue weighted by Gasteiger charge is -2.10. The SMILES string of the molecule is Cc1cc(NC(=O)OC(C)C)ccc1C#CCO. The first-order chi connectivity index (χ1) is 8.52. The fourth-order valence-corrected chi connectivity index (χ4v) is 1.38. The number of rotatable bonds is 2. The number of benzene rings is 1. The lowest BCUT2D eigenvalue weighted by molar-refractivity contribution is 0.130. The summed E-state index contributed by atoms with van der Waals surface area (Å²) in [5, 5.41) is 11.3. The minimum atomic E-state index is -0.474. The molecule has 0 aliphatic rings. The van der Waals surface area contributed by atoms with Crippen LogP contribution in [0.2, 0.25) is 0 Å². The van der Waals surface area contributed by atoms with Crippen molar-refractivity contribution in [1.29, 1.82) is 0 Å². The molecule has 1 amide bonds. The van der Waals surface area contributed by atoms with Crippen LogP contribution in [0.4, 0.5) is 10.5 Å². The quantitative estimate of drug-likeness (QED) is 0.788. The summed E-state index contributed by atoms with van der Waals surface area (Å²) in [6, 6.07) is 5.35. The van der Waals surface area contributed by atoms with Crippen molar-refractivity contribution >= 4 is 11.8 Å². The molecule has 1 aromatic rings. The van der Waals surface area contributed by atoms with E-state index in [1.807, 2.05) is 13.0 Å². The van der Waals surface area contributed by atoms with E-state index in [-0.39, 0.29) is 12.7 Å². The summed E-state index contributed by atoms with van der Waals surface area (Å²) in [4.78, 5) is 11.4. The number of nitrogens with one attached hydrogen (secondary N) is 1. The highest BCUT2D eigenvalue weighted by Gasteiger charge is 2.06. The molecule has 0 bridgehead atoms. The Bertz CT molecular complexity index is 484. The highest BCUT2D eigenvalue weighted by atomic mass is 16.6. The van der Waals surface area contributed by atoms with Crippen LogP contribution in [-0.2, 0) is 4.74 Å². The van der Waals surface area contributed by atoms with Crippen molar-refractivity contribution in [2.24, 2.45) is 0 Å². The number of aliphatic hydroxyl groups is 1. The molecule has 0 fully saturated rings. The molecule has 0 aliphatic carbocycles. The zero-order chi connectivity index (χ0) is 13.5. The summed E-state index contributed by atoms with van der Waals surface area (Å²) >= 11 is 0. The summed E-state index contributed by atoms with van der Waals surface area (Å²) in [6.45, 7) is 5.30. The van der Waals surface area contributed by atoms with Crippen molar-refractivity contribution in [2.45, 2.75) is 26.9 Å². The fraction of sp³-hybridized carbons (Fsp3) is 0.357. The van der Waals surface area contributed by atoms with Gasteiger partial charge < -0.3 is 9.84 Å². The van der Waals surface area contributed by atoms with Gasteiger partial charge in [-0.3, -0.25) is 5.32 Å². The third kappa shape index (κ3) is 4.48. The number of aliphatic hydroxyl groups excluding tert-OH is 1. The molecule has 4 nitrogen and oxygen atoms in total. The molecule has 2 N–H and O–H groups in total. The Morgan fingerprint density at radius 1 is 1.50 bits per heavy atom. The van der Waals surface area contributed by atoms with Gasteiger partial charge in [-0.15, -0.1) is 0 Å². The summed E-state index contributed by atoms with van der Waals surface area (Å²) in [6.07, 6.45) is -0.626. The van der Waals surface area contributed by atoms with Crippen LogP contribution in [0.5, 0.6) is 0 Å². The number of hydrogen-bond donors (Lipinski definition) is 2. The average Bonchev–Trinajstić information content (AvgIpc) is 2.26. The Morgan fingerprint density at radius 3 is 2.78 bits per heavy atom. The van der Waals surface area contributed by atoms with E-state index in [4.69, 9.17) is 9.84 Å². The molecule has 0 radical (unpaired) electrons. The van der Waals surface area contributed by atoms with E-state index in [1.165, 1.54) is 0 Å². The normalized spacial score (nSPS) is 9.61. The van der Waals surface area contributed by atoms with E-state index < -0.39 is 6.09 Å². The molecule has 18 heavy (non-hydrogen) atoms. The molecule has 0 saturated carbocycles.